The molecule has 181 valence electrons. The van der Waals surface area contributed by atoms with Crippen LogP contribution in [0.3, 0.4) is 0 Å². The molecule has 33 heavy (non-hydrogen) atoms. The normalized spacial score (nSPS) is 23.3. The second-order valence-corrected chi connectivity index (χ2v) is 10.2. The molecule has 9 heteroatoms. The maximum atomic E-state index is 15.7. The third-order valence-corrected chi connectivity index (χ3v) is 7.30. The first kappa shape index (κ1) is 24.3. The van der Waals surface area contributed by atoms with Gasteiger partial charge in [0.2, 0.25) is 0 Å². The van der Waals surface area contributed by atoms with E-state index in [2.05, 4.69) is 5.10 Å². The molecule has 1 aliphatic heterocycles. The maximum Gasteiger partial charge on any atom is 0.435 e. The van der Waals surface area contributed by atoms with Crippen molar-refractivity contribution in [3.8, 4) is 5.69 Å². The Hall–Kier alpha value is -1.87. The number of halogens is 4. The largest absolute Gasteiger partial charge is 0.579 e. The molecule has 4 nitrogen and oxygen atoms in total. The molecule has 1 saturated heterocycles. The summed E-state index contributed by atoms with van der Waals surface area (Å²) in [5.41, 5.74) is -2.76. The van der Waals surface area contributed by atoms with Gasteiger partial charge in [-0.3, -0.25) is 4.68 Å². The van der Waals surface area contributed by atoms with Gasteiger partial charge in [-0.05, 0) is 77.1 Å². The third-order valence-electron chi connectivity index (χ3n) is 7.30. The molecule has 0 amide bonds. The van der Waals surface area contributed by atoms with E-state index in [4.69, 9.17) is 9.31 Å². The van der Waals surface area contributed by atoms with Gasteiger partial charge in [-0.2, -0.15) is 18.3 Å². The zero-order chi connectivity index (χ0) is 24.1. The fraction of sp³-hybridized carbons (Fsp3) is 0.625. The van der Waals surface area contributed by atoms with Crippen molar-refractivity contribution in [2.75, 3.05) is 0 Å². The SMILES string of the molecule is CC1(C)O[B-](c2cc(C(F)(F)F)nn2-c2ccc(C3(F)CCCCCCC3)cc2)OC1(C)C. The van der Waals surface area contributed by atoms with Gasteiger partial charge >= 0.3 is 6.18 Å². The highest BCUT2D eigenvalue weighted by Gasteiger charge is 2.44. The topological polar surface area (TPSA) is 36.3 Å². The van der Waals surface area contributed by atoms with E-state index in [9.17, 15) is 13.2 Å². The number of alkyl halides is 4. The van der Waals surface area contributed by atoms with Crippen LogP contribution in [-0.4, -0.2) is 28.1 Å². The molecule has 2 aliphatic rings. The first-order valence-electron chi connectivity index (χ1n) is 11.7. The van der Waals surface area contributed by atoms with Gasteiger partial charge in [0, 0.05) is 11.2 Å². The number of nitrogens with zero attached hydrogens (tertiary/aromatic N) is 2. The van der Waals surface area contributed by atoms with E-state index in [0.29, 0.717) is 24.1 Å². The molecule has 1 saturated carbocycles. The van der Waals surface area contributed by atoms with Crippen LogP contribution in [-0.2, 0) is 21.2 Å². The first-order chi connectivity index (χ1) is 15.3. The lowest BCUT2D eigenvalue weighted by atomic mass is 9.83. The van der Waals surface area contributed by atoms with Crippen molar-refractivity contribution < 1.29 is 26.9 Å². The van der Waals surface area contributed by atoms with E-state index in [1.165, 1.54) is 4.68 Å². The molecule has 1 radical (unpaired) electrons. The van der Waals surface area contributed by atoms with Gasteiger partial charge in [0.15, 0.2) is 12.8 Å². The Balaban J connectivity index is 1.69. The van der Waals surface area contributed by atoms with Gasteiger partial charge in [-0.15, -0.1) is 0 Å². The summed E-state index contributed by atoms with van der Waals surface area (Å²) in [5, 5.41) is 3.82. The predicted molar refractivity (Wildman–Crippen MR) is 119 cm³/mol. The lowest BCUT2D eigenvalue weighted by Crippen LogP contribution is -2.41. The van der Waals surface area contributed by atoms with Crippen LogP contribution in [0.15, 0.2) is 30.3 Å². The Kier molecular flexibility index (Phi) is 6.19. The number of hydrogen-bond acceptors (Lipinski definition) is 3. The summed E-state index contributed by atoms with van der Waals surface area (Å²) in [7, 11) is -1.02. The van der Waals surface area contributed by atoms with Crippen LogP contribution in [0.1, 0.15) is 83.9 Å². The van der Waals surface area contributed by atoms with Gasteiger partial charge in [0.25, 0.3) is 0 Å². The molecule has 0 atom stereocenters. The second kappa shape index (κ2) is 8.41. The van der Waals surface area contributed by atoms with Crippen LogP contribution < -0.4 is 5.59 Å². The summed E-state index contributed by atoms with van der Waals surface area (Å²) in [5.74, 6) is 0. The minimum atomic E-state index is -4.62. The Morgan fingerprint density at radius 1 is 0.879 bits per heavy atom. The quantitative estimate of drug-likeness (QED) is 0.405. The van der Waals surface area contributed by atoms with Crippen LogP contribution in [0, 0.1) is 0 Å². The summed E-state index contributed by atoms with van der Waals surface area (Å²) in [6.07, 6.45) is 1.15. The molecule has 2 fully saturated rings. The zero-order valence-corrected chi connectivity index (χ0v) is 19.6. The lowest BCUT2D eigenvalue weighted by Gasteiger charge is -2.37. The molecule has 0 N–H and O–H groups in total. The van der Waals surface area contributed by atoms with Gasteiger partial charge in [-0.25, -0.2) is 4.39 Å². The maximum absolute atomic E-state index is 15.7. The van der Waals surface area contributed by atoms with Gasteiger partial charge < -0.3 is 9.31 Å². The zero-order valence-electron chi connectivity index (χ0n) is 19.6. The Bertz CT molecular complexity index is 961. The van der Waals surface area contributed by atoms with Crippen molar-refractivity contribution in [3.63, 3.8) is 0 Å². The minimum Gasteiger partial charge on any atom is -0.579 e. The standard InChI is InChI=1S/C24H31BF4N2O2/c1-21(2)22(3,4)33-25(32-21)20-16-19(24(27,28)29)30-31(20)18-12-10-17(11-13-18)23(26)14-8-6-5-7-9-15-23/h10-13,16H,5-9,14-15H2,1-4H3/q-1. The molecule has 4 rings (SSSR count). The molecule has 1 aromatic heterocycles. The van der Waals surface area contributed by atoms with Gasteiger partial charge in [-0.1, -0.05) is 37.0 Å². The third kappa shape index (κ3) is 4.71. The van der Waals surface area contributed by atoms with Crippen LogP contribution in [0.2, 0.25) is 0 Å². The first-order valence-corrected chi connectivity index (χ1v) is 11.7. The van der Waals surface area contributed by atoms with Crippen LogP contribution >= 0.6 is 0 Å². The highest BCUT2D eigenvalue weighted by atomic mass is 19.4. The number of benzene rings is 1. The lowest BCUT2D eigenvalue weighted by molar-refractivity contribution is -0.141. The predicted octanol–water partition coefficient (Wildman–Crippen LogP) is 6.10. The van der Waals surface area contributed by atoms with E-state index in [0.717, 1.165) is 38.2 Å². The number of hydrogen-bond donors (Lipinski definition) is 0. The summed E-state index contributed by atoms with van der Waals surface area (Å²) >= 11 is 0. The fourth-order valence-corrected chi connectivity index (χ4v) is 4.53. The molecule has 0 spiro atoms. The van der Waals surface area contributed by atoms with Crippen molar-refractivity contribution >= 4 is 12.7 Å². The van der Waals surface area contributed by atoms with Crippen LogP contribution in [0.25, 0.3) is 5.69 Å². The fourth-order valence-electron chi connectivity index (χ4n) is 4.53. The van der Waals surface area contributed by atoms with Crippen molar-refractivity contribution in [1.29, 1.82) is 0 Å². The average molecular weight is 466 g/mol. The molecule has 0 unspecified atom stereocenters. The summed E-state index contributed by atoms with van der Waals surface area (Å²) in [4.78, 5) is 0. The smallest absolute Gasteiger partial charge is 0.435 e. The highest BCUT2D eigenvalue weighted by molar-refractivity contribution is 6.61. The molecule has 2 heterocycles. The highest BCUT2D eigenvalue weighted by Crippen LogP contribution is 2.40. The van der Waals surface area contributed by atoms with E-state index >= 15 is 4.39 Å². The Morgan fingerprint density at radius 3 is 1.91 bits per heavy atom. The summed E-state index contributed by atoms with van der Waals surface area (Å²) < 4.78 is 69.4. The molecule has 1 aliphatic carbocycles. The van der Waals surface area contributed by atoms with Gasteiger partial charge in [0.05, 0.1) is 5.69 Å². The van der Waals surface area contributed by atoms with E-state index in [1.54, 1.807) is 24.3 Å². The Morgan fingerprint density at radius 2 is 1.39 bits per heavy atom. The van der Waals surface area contributed by atoms with E-state index in [-0.39, 0.29) is 5.59 Å². The molecule has 1 aromatic carbocycles. The Labute approximate surface area is 192 Å². The minimum absolute atomic E-state index is 0.148. The van der Waals surface area contributed by atoms with Crippen LogP contribution in [0.5, 0.6) is 0 Å². The number of rotatable bonds is 3. The summed E-state index contributed by atoms with van der Waals surface area (Å²) in [6.45, 7) is 7.34. The average Bonchev–Trinajstić information content (AvgIpc) is 3.24. The van der Waals surface area contributed by atoms with Crippen molar-refractivity contribution in [1.82, 2.24) is 9.78 Å². The van der Waals surface area contributed by atoms with Crippen molar-refractivity contribution in [2.45, 2.75) is 95.7 Å². The van der Waals surface area contributed by atoms with Crippen molar-refractivity contribution in [2.24, 2.45) is 0 Å². The van der Waals surface area contributed by atoms with Crippen LogP contribution in [0.4, 0.5) is 17.6 Å². The monoisotopic (exact) mass is 466 g/mol. The van der Waals surface area contributed by atoms with E-state index in [1.807, 2.05) is 27.7 Å². The molecular formula is C24H31BF4N2O2-. The summed E-state index contributed by atoms with van der Waals surface area (Å²) in [6, 6.07) is 7.54. The van der Waals surface area contributed by atoms with Crippen molar-refractivity contribution in [3.05, 3.63) is 41.6 Å². The molecular weight excluding hydrogens is 435 g/mol. The molecule has 2 aromatic rings. The molecule has 0 bridgehead atoms. The second-order valence-electron chi connectivity index (χ2n) is 10.2. The van der Waals surface area contributed by atoms with Gasteiger partial charge in [0.1, 0.15) is 5.67 Å². The number of aromatic nitrogens is 2. The van der Waals surface area contributed by atoms with E-state index < -0.39 is 35.9 Å².